The summed E-state index contributed by atoms with van der Waals surface area (Å²) in [5, 5.41) is 0. The molecule has 2 aromatic carbocycles. The van der Waals surface area contributed by atoms with E-state index >= 15 is 0 Å². The second-order valence-corrected chi connectivity index (χ2v) is 9.00. The maximum absolute atomic E-state index is 13.0. The van der Waals surface area contributed by atoms with E-state index in [1.807, 2.05) is 12.1 Å². The van der Waals surface area contributed by atoms with Crippen LogP contribution in [0.5, 0.6) is 11.5 Å². The summed E-state index contributed by atoms with van der Waals surface area (Å²) in [5.41, 5.74) is 2.49. The minimum atomic E-state index is -3.66. The van der Waals surface area contributed by atoms with Gasteiger partial charge in [0.1, 0.15) is 13.2 Å². The van der Waals surface area contributed by atoms with Gasteiger partial charge >= 0.3 is 0 Å². The van der Waals surface area contributed by atoms with Gasteiger partial charge in [0.05, 0.1) is 4.90 Å². The van der Waals surface area contributed by atoms with Crippen molar-refractivity contribution in [2.75, 3.05) is 31.7 Å². The first-order valence-corrected chi connectivity index (χ1v) is 10.6. The SMILES string of the molecule is CC(=O)N1CCc2cc(S(=O)(=O)N(C)Cc3ccc4c(c3)OCCO4)ccc21. The number of carbonyl (C=O) groups is 1. The zero-order valence-corrected chi connectivity index (χ0v) is 16.7. The third-order valence-corrected chi connectivity index (χ3v) is 6.85. The first kappa shape index (κ1) is 18.8. The van der Waals surface area contributed by atoms with Crippen LogP contribution in [0.25, 0.3) is 0 Å². The summed E-state index contributed by atoms with van der Waals surface area (Å²) >= 11 is 0. The molecule has 0 atom stereocenters. The minimum Gasteiger partial charge on any atom is -0.486 e. The molecule has 2 aromatic rings. The van der Waals surface area contributed by atoms with Gasteiger partial charge in [-0.1, -0.05) is 6.07 Å². The Morgan fingerprint density at radius 2 is 1.86 bits per heavy atom. The summed E-state index contributed by atoms with van der Waals surface area (Å²) in [6.07, 6.45) is 0.657. The van der Waals surface area contributed by atoms with Crippen molar-refractivity contribution in [1.82, 2.24) is 4.31 Å². The van der Waals surface area contributed by atoms with Crippen LogP contribution >= 0.6 is 0 Å². The predicted octanol–water partition coefficient (Wildman–Crippen LogP) is 2.19. The highest BCUT2D eigenvalue weighted by molar-refractivity contribution is 7.89. The van der Waals surface area contributed by atoms with E-state index in [0.29, 0.717) is 37.7 Å². The van der Waals surface area contributed by atoms with Gasteiger partial charge in [-0.2, -0.15) is 4.31 Å². The van der Waals surface area contributed by atoms with Crippen LogP contribution in [0, 0.1) is 0 Å². The molecule has 0 saturated heterocycles. The second kappa shape index (κ2) is 7.10. The lowest BCUT2D eigenvalue weighted by atomic mass is 10.2. The highest BCUT2D eigenvalue weighted by atomic mass is 32.2. The van der Waals surface area contributed by atoms with Gasteiger partial charge in [-0.3, -0.25) is 4.79 Å². The average molecular weight is 402 g/mol. The molecule has 1 amide bonds. The number of rotatable bonds is 4. The van der Waals surface area contributed by atoms with Crippen LogP contribution in [0.4, 0.5) is 5.69 Å². The Labute approximate surface area is 164 Å². The molecule has 2 aliphatic rings. The van der Waals surface area contributed by atoms with E-state index in [9.17, 15) is 13.2 Å². The Kier molecular flexibility index (Phi) is 4.76. The number of nitrogens with zero attached hydrogens (tertiary/aromatic N) is 2. The summed E-state index contributed by atoms with van der Waals surface area (Å²) in [6.45, 7) is 3.31. The van der Waals surface area contributed by atoms with E-state index < -0.39 is 10.0 Å². The predicted molar refractivity (Wildman–Crippen MR) is 104 cm³/mol. The van der Waals surface area contributed by atoms with Gasteiger partial charge in [0, 0.05) is 32.7 Å². The monoisotopic (exact) mass is 402 g/mol. The van der Waals surface area contributed by atoms with Crippen molar-refractivity contribution in [3.63, 3.8) is 0 Å². The van der Waals surface area contributed by atoms with Crippen LogP contribution in [-0.2, 0) is 27.8 Å². The van der Waals surface area contributed by atoms with Crippen LogP contribution in [0.1, 0.15) is 18.1 Å². The molecule has 0 fully saturated rings. The van der Waals surface area contributed by atoms with E-state index in [0.717, 1.165) is 16.8 Å². The standard InChI is InChI=1S/C20H22N2O5S/c1-14(23)22-8-7-16-12-17(4-5-18(16)22)28(24,25)21(2)13-15-3-6-19-20(11-15)27-10-9-26-19/h3-6,11-12H,7-10,13H2,1-2H3. The topological polar surface area (TPSA) is 76.2 Å². The van der Waals surface area contributed by atoms with Crippen molar-refractivity contribution in [3.05, 3.63) is 47.5 Å². The Balaban J connectivity index is 1.56. The van der Waals surface area contributed by atoms with Crippen LogP contribution < -0.4 is 14.4 Å². The quantitative estimate of drug-likeness (QED) is 0.784. The molecule has 0 aromatic heterocycles. The first-order chi connectivity index (χ1) is 13.4. The van der Waals surface area contributed by atoms with Gasteiger partial charge in [-0.25, -0.2) is 8.42 Å². The van der Waals surface area contributed by atoms with Gasteiger partial charge in [0.15, 0.2) is 11.5 Å². The van der Waals surface area contributed by atoms with Crippen LogP contribution in [0.15, 0.2) is 41.3 Å². The Hall–Kier alpha value is -2.58. The summed E-state index contributed by atoms with van der Waals surface area (Å²) in [5.74, 6) is 1.27. The third kappa shape index (κ3) is 3.33. The van der Waals surface area contributed by atoms with Crippen LogP contribution in [-0.4, -0.2) is 45.4 Å². The van der Waals surface area contributed by atoms with Crippen molar-refractivity contribution < 1.29 is 22.7 Å². The fourth-order valence-corrected chi connectivity index (χ4v) is 4.78. The number of hydrogen-bond donors (Lipinski definition) is 0. The molecule has 0 unspecified atom stereocenters. The summed E-state index contributed by atoms with van der Waals surface area (Å²) < 4.78 is 38.5. The number of amides is 1. The number of anilines is 1. The maximum Gasteiger partial charge on any atom is 0.243 e. The van der Waals surface area contributed by atoms with E-state index in [1.165, 1.54) is 11.2 Å². The highest BCUT2D eigenvalue weighted by Crippen LogP contribution is 2.33. The fraction of sp³-hybridized carbons (Fsp3) is 0.350. The van der Waals surface area contributed by atoms with Crippen molar-refractivity contribution in [2.45, 2.75) is 24.8 Å². The Morgan fingerprint density at radius 1 is 1.11 bits per heavy atom. The smallest absolute Gasteiger partial charge is 0.243 e. The van der Waals surface area contributed by atoms with Crippen LogP contribution in [0.2, 0.25) is 0 Å². The van der Waals surface area contributed by atoms with E-state index in [-0.39, 0.29) is 17.3 Å². The molecule has 148 valence electrons. The molecule has 0 N–H and O–H groups in total. The largest absolute Gasteiger partial charge is 0.486 e. The Morgan fingerprint density at radius 3 is 2.61 bits per heavy atom. The fourth-order valence-electron chi connectivity index (χ4n) is 3.57. The number of hydrogen-bond acceptors (Lipinski definition) is 5. The summed E-state index contributed by atoms with van der Waals surface area (Å²) in [4.78, 5) is 13.6. The zero-order valence-electron chi connectivity index (χ0n) is 15.8. The number of fused-ring (bicyclic) bond motifs is 2. The summed E-state index contributed by atoms with van der Waals surface area (Å²) in [7, 11) is -2.10. The molecule has 2 heterocycles. The number of carbonyl (C=O) groups excluding carboxylic acids is 1. The molecule has 7 nitrogen and oxygen atoms in total. The summed E-state index contributed by atoms with van der Waals surface area (Å²) in [6, 6.07) is 10.4. The van der Waals surface area contributed by atoms with Gasteiger partial charge in [0.2, 0.25) is 15.9 Å². The van der Waals surface area contributed by atoms with Gasteiger partial charge in [-0.15, -0.1) is 0 Å². The molecule has 4 rings (SSSR count). The van der Waals surface area contributed by atoms with Crippen molar-refractivity contribution in [2.24, 2.45) is 0 Å². The normalized spacial score (nSPS) is 15.6. The second-order valence-electron chi connectivity index (χ2n) is 6.95. The molecule has 28 heavy (non-hydrogen) atoms. The number of sulfonamides is 1. The van der Waals surface area contributed by atoms with Gasteiger partial charge in [-0.05, 0) is 47.9 Å². The molecule has 8 heteroatoms. The molecular weight excluding hydrogens is 380 g/mol. The molecular formula is C20H22N2O5S. The average Bonchev–Trinajstić information content (AvgIpc) is 3.11. The maximum atomic E-state index is 13.0. The molecule has 0 bridgehead atoms. The lowest BCUT2D eigenvalue weighted by Crippen LogP contribution is -2.27. The molecule has 0 aliphatic carbocycles. The molecule has 0 saturated carbocycles. The lowest BCUT2D eigenvalue weighted by molar-refractivity contribution is -0.116. The molecule has 0 radical (unpaired) electrons. The van der Waals surface area contributed by atoms with E-state index in [2.05, 4.69) is 0 Å². The highest BCUT2D eigenvalue weighted by Gasteiger charge is 2.27. The van der Waals surface area contributed by atoms with Crippen LogP contribution in [0.3, 0.4) is 0 Å². The third-order valence-electron chi connectivity index (χ3n) is 5.05. The van der Waals surface area contributed by atoms with Gasteiger partial charge < -0.3 is 14.4 Å². The lowest BCUT2D eigenvalue weighted by Gasteiger charge is -2.21. The first-order valence-electron chi connectivity index (χ1n) is 9.12. The van der Waals surface area contributed by atoms with Crippen molar-refractivity contribution >= 4 is 21.6 Å². The van der Waals surface area contributed by atoms with E-state index in [1.54, 1.807) is 36.2 Å². The number of benzene rings is 2. The number of ether oxygens (including phenoxy) is 2. The molecule has 0 spiro atoms. The van der Waals surface area contributed by atoms with E-state index in [4.69, 9.17) is 9.47 Å². The molecule has 2 aliphatic heterocycles. The minimum absolute atomic E-state index is 0.0370. The van der Waals surface area contributed by atoms with Gasteiger partial charge in [0.25, 0.3) is 0 Å². The zero-order chi connectivity index (χ0) is 19.9. The van der Waals surface area contributed by atoms with Crippen molar-refractivity contribution in [1.29, 1.82) is 0 Å². The van der Waals surface area contributed by atoms with Crippen molar-refractivity contribution in [3.8, 4) is 11.5 Å². The Bertz CT molecular complexity index is 1030.